The molecule has 0 radical (unpaired) electrons. The molecule has 0 bridgehead atoms. The summed E-state index contributed by atoms with van der Waals surface area (Å²) in [7, 11) is 0. The van der Waals surface area contributed by atoms with Crippen molar-refractivity contribution in [2.75, 3.05) is 19.6 Å². The number of hydrogen-bond donors (Lipinski definition) is 1. The summed E-state index contributed by atoms with van der Waals surface area (Å²) < 4.78 is 19.7. The van der Waals surface area contributed by atoms with Crippen LogP contribution in [0, 0.1) is 11.7 Å². The van der Waals surface area contributed by atoms with Gasteiger partial charge in [-0.1, -0.05) is 30.4 Å². The van der Waals surface area contributed by atoms with Gasteiger partial charge in [0.2, 0.25) is 0 Å². The largest absolute Gasteiger partial charge is 0.446 e. The maximum Gasteiger partial charge on any atom is 0.334 e. The summed E-state index contributed by atoms with van der Waals surface area (Å²) in [5, 5.41) is 0. The SMILES string of the molecule is NC(=O)C1(OC(=O)C2=CCCC2)CCC(CCN2CC=C(c3ccccc3F)CC2)CC1. The summed E-state index contributed by atoms with van der Waals surface area (Å²) in [6.07, 6.45) is 11.2. The number of carbonyl (C=O) groups is 2. The van der Waals surface area contributed by atoms with Crippen LogP contribution in [0.25, 0.3) is 5.57 Å². The van der Waals surface area contributed by atoms with Gasteiger partial charge in [-0.25, -0.2) is 9.18 Å². The third-order valence-corrected chi connectivity index (χ3v) is 7.32. The topological polar surface area (TPSA) is 72.6 Å². The van der Waals surface area contributed by atoms with Crippen molar-refractivity contribution in [3.8, 4) is 0 Å². The van der Waals surface area contributed by atoms with Gasteiger partial charge in [-0.05, 0) is 81.9 Å². The molecule has 172 valence electrons. The van der Waals surface area contributed by atoms with Crippen molar-refractivity contribution in [3.63, 3.8) is 0 Å². The first-order chi connectivity index (χ1) is 15.5. The zero-order valence-electron chi connectivity index (χ0n) is 18.7. The number of carbonyl (C=O) groups excluding carboxylic acids is 2. The quantitative estimate of drug-likeness (QED) is 0.639. The molecule has 1 aliphatic heterocycles. The maximum absolute atomic E-state index is 14.0. The van der Waals surface area contributed by atoms with Crippen molar-refractivity contribution < 1.29 is 18.7 Å². The number of nitrogens with zero attached hydrogens (tertiary/aromatic N) is 1. The summed E-state index contributed by atoms with van der Waals surface area (Å²) in [5.41, 5.74) is 7.01. The van der Waals surface area contributed by atoms with Crippen LogP contribution in [0.3, 0.4) is 0 Å². The summed E-state index contributed by atoms with van der Waals surface area (Å²) >= 11 is 0. The Hall–Kier alpha value is -2.47. The lowest BCUT2D eigenvalue weighted by atomic mass is 9.77. The lowest BCUT2D eigenvalue weighted by molar-refractivity contribution is -0.168. The number of allylic oxidation sites excluding steroid dienone is 1. The van der Waals surface area contributed by atoms with E-state index in [1.54, 1.807) is 6.07 Å². The second kappa shape index (κ2) is 9.99. The first-order valence-corrected chi connectivity index (χ1v) is 11.9. The van der Waals surface area contributed by atoms with E-state index in [9.17, 15) is 14.0 Å². The van der Waals surface area contributed by atoms with E-state index in [0.29, 0.717) is 29.9 Å². The molecule has 2 N–H and O–H groups in total. The second-order valence-electron chi connectivity index (χ2n) is 9.36. The van der Waals surface area contributed by atoms with E-state index in [4.69, 9.17) is 10.5 Å². The molecule has 1 amide bonds. The standard InChI is InChI=1S/C26H33FN2O3/c27-23-8-4-3-7-22(23)20-12-17-29(18-13-20)16-11-19-9-14-26(15-10-19,25(28)31)32-24(30)21-5-1-2-6-21/h3-5,7-8,12,19H,1-2,6,9-11,13-18H2,(H2,28,31). The Balaban J connectivity index is 1.25. The van der Waals surface area contributed by atoms with Crippen LogP contribution >= 0.6 is 0 Å². The van der Waals surface area contributed by atoms with Crippen molar-refractivity contribution >= 4 is 17.4 Å². The smallest absolute Gasteiger partial charge is 0.334 e. The predicted octanol–water partition coefficient (Wildman–Crippen LogP) is 4.37. The fourth-order valence-electron chi connectivity index (χ4n) is 5.18. The molecule has 0 spiro atoms. The number of amides is 1. The summed E-state index contributed by atoms with van der Waals surface area (Å²) in [6, 6.07) is 6.96. The van der Waals surface area contributed by atoms with Gasteiger partial charge in [0, 0.05) is 24.2 Å². The fourth-order valence-corrected chi connectivity index (χ4v) is 5.18. The van der Waals surface area contributed by atoms with E-state index >= 15 is 0 Å². The number of rotatable bonds is 7. The molecule has 1 fully saturated rings. The molecule has 1 aromatic rings. The van der Waals surface area contributed by atoms with E-state index in [-0.39, 0.29) is 11.8 Å². The molecule has 6 heteroatoms. The monoisotopic (exact) mass is 440 g/mol. The Labute approximate surface area is 189 Å². The van der Waals surface area contributed by atoms with E-state index in [0.717, 1.165) is 70.2 Å². The van der Waals surface area contributed by atoms with Gasteiger partial charge < -0.3 is 10.5 Å². The Bertz CT molecular complexity index is 915. The van der Waals surface area contributed by atoms with Crippen LogP contribution < -0.4 is 5.73 Å². The molecular weight excluding hydrogens is 407 g/mol. The van der Waals surface area contributed by atoms with Crippen molar-refractivity contribution in [1.82, 2.24) is 4.90 Å². The molecule has 0 atom stereocenters. The predicted molar refractivity (Wildman–Crippen MR) is 122 cm³/mol. The first kappa shape index (κ1) is 22.7. The minimum atomic E-state index is -1.15. The highest BCUT2D eigenvalue weighted by atomic mass is 19.1. The number of benzene rings is 1. The average molecular weight is 441 g/mol. The molecule has 1 aromatic carbocycles. The Kier molecular flexibility index (Phi) is 7.09. The normalized spacial score (nSPS) is 26.3. The van der Waals surface area contributed by atoms with Gasteiger partial charge in [-0.2, -0.15) is 0 Å². The minimum absolute atomic E-state index is 0.155. The number of halogens is 1. The zero-order chi connectivity index (χ0) is 22.6. The van der Waals surface area contributed by atoms with E-state index < -0.39 is 11.5 Å². The van der Waals surface area contributed by atoms with Crippen LogP contribution in [0.4, 0.5) is 4.39 Å². The molecule has 4 rings (SSSR count). The van der Waals surface area contributed by atoms with E-state index in [1.807, 2.05) is 18.2 Å². The number of hydrogen-bond acceptors (Lipinski definition) is 4. The molecule has 2 aliphatic carbocycles. The Morgan fingerprint density at radius 3 is 2.56 bits per heavy atom. The molecule has 1 heterocycles. The maximum atomic E-state index is 14.0. The molecule has 32 heavy (non-hydrogen) atoms. The molecule has 0 saturated heterocycles. The van der Waals surface area contributed by atoms with E-state index in [2.05, 4.69) is 11.0 Å². The number of ether oxygens (including phenoxy) is 1. The average Bonchev–Trinajstić information content (AvgIpc) is 3.35. The molecule has 0 aromatic heterocycles. The van der Waals surface area contributed by atoms with Crippen molar-refractivity contribution in [3.05, 3.63) is 53.4 Å². The molecular formula is C26H33FN2O3. The molecule has 0 unspecified atom stereocenters. The van der Waals surface area contributed by atoms with Gasteiger partial charge >= 0.3 is 5.97 Å². The summed E-state index contributed by atoms with van der Waals surface area (Å²) in [5.74, 6) is -0.559. The third-order valence-electron chi connectivity index (χ3n) is 7.32. The van der Waals surface area contributed by atoms with Crippen molar-refractivity contribution in [2.24, 2.45) is 11.7 Å². The van der Waals surface area contributed by atoms with Crippen LogP contribution in [-0.4, -0.2) is 42.0 Å². The highest BCUT2D eigenvalue weighted by Gasteiger charge is 2.44. The highest BCUT2D eigenvalue weighted by molar-refractivity contribution is 5.93. The number of nitrogens with two attached hydrogens (primary N) is 1. The first-order valence-electron chi connectivity index (χ1n) is 11.9. The number of primary amides is 1. The van der Waals surface area contributed by atoms with Gasteiger partial charge in [0.05, 0.1) is 0 Å². The van der Waals surface area contributed by atoms with Gasteiger partial charge in [0.25, 0.3) is 5.91 Å². The fraction of sp³-hybridized carbons (Fsp3) is 0.538. The van der Waals surface area contributed by atoms with Gasteiger partial charge in [-0.15, -0.1) is 0 Å². The van der Waals surface area contributed by atoms with E-state index in [1.165, 1.54) is 6.07 Å². The molecule has 1 saturated carbocycles. The minimum Gasteiger partial charge on any atom is -0.446 e. The van der Waals surface area contributed by atoms with Crippen LogP contribution in [0.15, 0.2) is 42.0 Å². The number of esters is 1. The lowest BCUT2D eigenvalue weighted by Crippen LogP contribution is -2.50. The van der Waals surface area contributed by atoms with Crippen molar-refractivity contribution in [1.29, 1.82) is 0 Å². The Morgan fingerprint density at radius 1 is 1.16 bits per heavy atom. The van der Waals surface area contributed by atoms with Gasteiger partial charge in [0.15, 0.2) is 5.60 Å². The molecule has 3 aliphatic rings. The van der Waals surface area contributed by atoms with Crippen LogP contribution in [0.2, 0.25) is 0 Å². The van der Waals surface area contributed by atoms with Crippen LogP contribution in [-0.2, 0) is 14.3 Å². The van der Waals surface area contributed by atoms with Crippen LogP contribution in [0.1, 0.15) is 63.4 Å². The second-order valence-corrected chi connectivity index (χ2v) is 9.36. The van der Waals surface area contributed by atoms with Gasteiger partial charge in [0.1, 0.15) is 5.82 Å². The third kappa shape index (κ3) is 5.12. The van der Waals surface area contributed by atoms with Gasteiger partial charge in [-0.3, -0.25) is 9.69 Å². The lowest BCUT2D eigenvalue weighted by Gasteiger charge is -2.38. The highest BCUT2D eigenvalue weighted by Crippen LogP contribution is 2.38. The Morgan fingerprint density at radius 2 is 1.94 bits per heavy atom. The van der Waals surface area contributed by atoms with Crippen molar-refractivity contribution in [2.45, 2.75) is 63.4 Å². The summed E-state index contributed by atoms with van der Waals surface area (Å²) in [6.45, 7) is 2.72. The molecule has 5 nitrogen and oxygen atoms in total. The van der Waals surface area contributed by atoms with Crippen LogP contribution in [0.5, 0.6) is 0 Å². The summed E-state index contributed by atoms with van der Waals surface area (Å²) in [4.78, 5) is 27.0. The zero-order valence-corrected chi connectivity index (χ0v) is 18.7.